The molecule has 0 spiro atoms. The SMILES string of the molecule is COC(=O)[C@]1(F)CCNC1. The van der Waals surface area contributed by atoms with Crippen molar-refractivity contribution >= 4 is 5.97 Å². The number of halogens is 1. The smallest absolute Gasteiger partial charge is 0.345 e. The largest absolute Gasteiger partial charge is 0.467 e. The lowest BCUT2D eigenvalue weighted by molar-refractivity contribution is -0.153. The summed E-state index contributed by atoms with van der Waals surface area (Å²) in [6.45, 7) is 0.630. The molecule has 1 atom stereocenters. The van der Waals surface area contributed by atoms with E-state index in [2.05, 4.69) is 10.1 Å². The lowest BCUT2D eigenvalue weighted by Gasteiger charge is -2.13. The van der Waals surface area contributed by atoms with Gasteiger partial charge in [0, 0.05) is 13.0 Å². The zero-order chi connectivity index (χ0) is 7.61. The Hall–Kier alpha value is -0.640. The van der Waals surface area contributed by atoms with E-state index in [0.717, 1.165) is 0 Å². The van der Waals surface area contributed by atoms with Crippen LogP contribution in [0.2, 0.25) is 0 Å². The van der Waals surface area contributed by atoms with Crippen molar-refractivity contribution in [3.05, 3.63) is 0 Å². The highest BCUT2D eigenvalue weighted by Gasteiger charge is 2.42. The lowest BCUT2D eigenvalue weighted by atomic mass is 10.1. The number of hydrogen-bond donors (Lipinski definition) is 1. The summed E-state index contributed by atoms with van der Waals surface area (Å²) in [6, 6.07) is 0. The second-order valence-corrected chi connectivity index (χ2v) is 2.38. The van der Waals surface area contributed by atoms with Gasteiger partial charge in [0.15, 0.2) is 0 Å². The van der Waals surface area contributed by atoms with Crippen LogP contribution in [0.1, 0.15) is 6.42 Å². The average molecular weight is 147 g/mol. The molecule has 0 aromatic carbocycles. The highest BCUT2D eigenvalue weighted by atomic mass is 19.1. The fourth-order valence-electron chi connectivity index (χ4n) is 1.02. The molecule has 0 amide bonds. The number of esters is 1. The fraction of sp³-hybridized carbons (Fsp3) is 0.833. The molecule has 0 aromatic heterocycles. The molecule has 1 rings (SSSR count). The van der Waals surface area contributed by atoms with Gasteiger partial charge < -0.3 is 10.1 Å². The molecule has 3 nitrogen and oxygen atoms in total. The van der Waals surface area contributed by atoms with E-state index in [9.17, 15) is 9.18 Å². The molecule has 1 heterocycles. The van der Waals surface area contributed by atoms with Gasteiger partial charge in [-0.1, -0.05) is 0 Å². The summed E-state index contributed by atoms with van der Waals surface area (Å²) < 4.78 is 17.5. The van der Waals surface area contributed by atoms with E-state index < -0.39 is 11.6 Å². The van der Waals surface area contributed by atoms with Crippen molar-refractivity contribution in [3.63, 3.8) is 0 Å². The van der Waals surface area contributed by atoms with E-state index in [0.29, 0.717) is 6.54 Å². The number of methoxy groups -OCH3 is 1. The number of nitrogens with one attached hydrogen (secondary N) is 1. The first-order valence-corrected chi connectivity index (χ1v) is 3.17. The fourth-order valence-corrected chi connectivity index (χ4v) is 1.02. The highest BCUT2D eigenvalue weighted by Crippen LogP contribution is 2.20. The topological polar surface area (TPSA) is 38.3 Å². The van der Waals surface area contributed by atoms with Crippen LogP contribution in [-0.4, -0.2) is 31.8 Å². The highest BCUT2D eigenvalue weighted by molar-refractivity contribution is 5.80. The average Bonchev–Trinajstić information content (AvgIpc) is 2.36. The zero-order valence-electron chi connectivity index (χ0n) is 5.82. The predicted octanol–water partition coefficient (Wildman–Crippen LogP) is -0.139. The van der Waals surface area contributed by atoms with Gasteiger partial charge in [0.1, 0.15) is 0 Å². The van der Waals surface area contributed by atoms with Crippen molar-refractivity contribution in [3.8, 4) is 0 Å². The first-order chi connectivity index (χ1) is 4.69. The van der Waals surface area contributed by atoms with Gasteiger partial charge in [-0.3, -0.25) is 0 Å². The van der Waals surface area contributed by atoms with Crippen LogP contribution in [0.3, 0.4) is 0 Å². The van der Waals surface area contributed by atoms with Crippen LogP contribution in [0.4, 0.5) is 4.39 Å². The molecule has 58 valence electrons. The number of carbonyl (C=O) groups is 1. The van der Waals surface area contributed by atoms with Gasteiger partial charge in [-0.25, -0.2) is 9.18 Å². The summed E-state index contributed by atoms with van der Waals surface area (Å²) in [5.74, 6) is -0.766. The Bertz CT molecular complexity index is 143. The van der Waals surface area contributed by atoms with Crippen LogP contribution in [0, 0.1) is 0 Å². The Morgan fingerprint density at radius 1 is 1.80 bits per heavy atom. The van der Waals surface area contributed by atoms with Crippen molar-refractivity contribution in [1.82, 2.24) is 5.32 Å². The van der Waals surface area contributed by atoms with E-state index in [1.165, 1.54) is 7.11 Å². The minimum absolute atomic E-state index is 0.0830. The molecule has 1 aliphatic rings. The van der Waals surface area contributed by atoms with Crippen LogP contribution in [0.25, 0.3) is 0 Å². The van der Waals surface area contributed by atoms with Crippen molar-refractivity contribution in [2.75, 3.05) is 20.2 Å². The Morgan fingerprint density at radius 3 is 2.90 bits per heavy atom. The minimum Gasteiger partial charge on any atom is -0.467 e. The molecule has 4 heteroatoms. The standard InChI is InChI=1S/C6H10FNO2/c1-10-5(9)6(7)2-3-8-4-6/h8H,2-4H2,1H3/t6-/m0/s1. The molecule has 1 N–H and O–H groups in total. The molecular formula is C6H10FNO2. The summed E-state index contributed by atoms with van der Waals surface area (Å²) in [4.78, 5) is 10.7. The first kappa shape index (κ1) is 7.47. The first-order valence-electron chi connectivity index (χ1n) is 3.17. The second kappa shape index (κ2) is 2.54. The van der Waals surface area contributed by atoms with Crippen LogP contribution in [0.15, 0.2) is 0 Å². The molecular weight excluding hydrogens is 137 g/mol. The summed E-state index contributed by atoms with van der Waals surface area (Å²) in [5.41, 5.74) is -1.77. The second-order valence-electron chi connectivity index (χ2n) is 2.38. The van der Waals surface area contributed by atoms with Gasteiger partial charge in [-0.15, -0.1) is 0 Å². The number of alkyl halides is 1. The molecule has 0 aliphatic carbocycles. The Morgan fingerprint density at radius 2 is 2.50 bits per heavy atom. The number of carbonyl (C=O) groups excluding carboxylic acids is 1. The maximum Gasteiger partial charge on any atom is 0.345 e. The van der Waals surface area contributed by atoms with E-state index in [4.69, 9.17) is 0 Å². The van der Waals surface area contributed by atoms with E-state index in [1.54, 1.807) is 0 Å². The van der Waals surface area contributed by atoms with Crippen LogP contribution in [0.5, 0.6) is 0 Å². The van der Waals surface area contributed by atoms with Gasteiger partial charge in [0.25, 0.3) is 0 Å². The van der Waals surface area contributed by atoms with Crippen LogP contribution >= 0.6 is 0 Å². The Labute approximate surface area is 58.5 Å². The number of rotatable bonds is 1. The third kappa shape index (κ3) is 1.11. The van der Waals surface area contributed by atoms with Crippen LogP contribution in [-0.2, 0) is 9.53 Å². The van der Waals surface area contributed by atoms with Gasteiger partial charge in [-0.2, -0.15) is 0 Å². The predicted molar refractivity (Wildman–Crippen MR) is 33.3 cm³/mol. The quantitative estimate of drug-likeness (QED) is 0.525. The van der Waals surface area contributed by atoms with Gasteiger partial charge in [-0.05, 0) is 6.54 Å². The van der Waals surface area contributed by atoms with E-state index in [-0.39, 0.29) is 13.0 Å². The van der Waals surface area contributed by atoms with Crippen molar-refractivity contribution in [1.29, 1.82) is 0 Å². The molecule has 1 fully saturated rings. The molecule has 0 radical (unpaired) electrons. The molecule has 0 saturated carbocycles. The summed E-state index contributed by atoms with van der Waals surface area (Å²) in [7, 11) is 1.20. The normalized spacial score (nSPS) is 32.2. The number of hydrogen-bond acceptors (Lipinski definition) is 3. The van der Waals surface area contributed by atoms with Crippen LogP contribution < -0.4 is 5.32 Å². The maximum atomic E-state index is 13.2. The van der Waals surface area contributed by atoms with Gasteiger partial charge in [0.05, 0.1) is 7.11 Å². The van der Waals surface area contributed by atoms with Crippen molar-refractivity contribution < 1.29 is 13.9 Å². The van der Waals surface area contributed by atoms with Crippen molar-refractivity contribution in [2.45, 2.75) is 12.1 Å². The molecule has 0 aromatic rings. The minimum atomic E-state index is -1.77. The Kier molecular flexibility index (Phi) is 1.89. The lowest BCUT2D eigenvalue weighted by Crippen LogP contribution is -2.36. The zero-order valence-corrected chi connectivity index (χ0v) is 5.82. The van der Waals surface area contributed by atoms with Crippen molar-refractivity contribution in [2.24, 2.45) is 0 Å². The third-order valence-corrected chi connectivity index (χ3v) is 1.65. The van der Waals surface area contributed by atoms with E-state index in [1.807, 2.05) is 0 Å². The Balaban J connectivity index is 2.58. The summed E-state index contributed by atoms with van der Waals surface area (Å²) in [5, 5.41) is 2.75. The molecule has 0 unspecified atom stereocenters. The summed E-state index contributed by atoms with van der Waals surface area (Å²) in [6.07, 6.45) is 0.222. The molecule has 10 heavy (non-hydrogen) atoms. The van der Waals surface area contributed by atoms with E-state index >= 15 is 0 Å². The maximum absolute atomic E-state index is 13.2. The molecule has 0 bridgehead atoms. The summed E-state index contributed by atoms with van der Waals surface area (Å²) >= 11 is 0. The van der Waals surface area contributed by atoms with Gasteiger partial charge in [0.2, 0.25) is 5.67 Å². The van der Waals surface area contributed by atoms with Gasteiger partial charge >= 0.3 is 5.97 Å². The molecule has 1 saturated heterocycles. The molecule has 1 aliphatic heterocycles. The third-order valence-electron chi connectivity index (χ3n) is 1.65. The monoisotopic (exact) mass is 147 g/mol. The number of ether oxygens (including phenoxy) is 1.